The molecule has 0 atom stereocenters. The molecule has 0 fully saturated rings. The van der Waals surface area contributed by atoms with Gasteiger partial charge in [-0.25, -0.2) is 0 Å². The summed E-state index contributed by atoms with van der Waals surface area (Å²) >= 11 is 2.21. The van der Waals surface area contributed by atoms with Gasteiger partial charge in [0.05, 0.1) is 5.52 Å². The highest BCUT2D eigenvalue weighted by atomic mass is 127. The molecule has 0 aliphatic rings. The predicted octanol–water partition coefficient (Wildman–Crippen LogP) is 1.98. The van der Waals surface area contributed by atoms with Gasteiger partial charge in [0, 0.05) is 8.96 Å². The number of aldehydes is 1. The third-order valence-corrected chi connectivity index (χ3v) is 2.34. The maximum Gasteiger partial charge on any atom is 0.168 e. The van der Waals surface area contributed by atoms with Gasteiger partial charge in [-0.2, -0.15) is 5.10 Å². The van der Waals surface area contributed by atoms with Gasteiger partial charge in [0.2, 0.25) is 0 Å². The second-order valence-corrected chi connectivity index (χ2v) is 3.66. The van der Waals surface area contributed by atoms with Gasteiger partial charge in [-0.1, -0.05) is 0 Å². The quantitative estimate of drug-likeness (QED) is 0.637. The van der Waals surface area contributed by atoms with Gasteiger partial charge in [-0.05, 0) is 40.8 Å². The van der Waals surface area contributed by atoms with Crippen LogP contribution >= 0.6 is 22.6 Å². The molecule has 0 aliphatic carbocycles. The van der Waals surface area contributed by atoms with Crippen LogP contribution in [0.3, 0.4) is 0 Å². The third kappa shape index (κ3) is 1.12. The molecule has 2 rings (SSSR count). The minimum absolute atomic E-state index is 0.543. The fraction of sp³-hybridized carbons (Fsp3) is 0. The molecule has 0 saturated heterocycles. The highest BCUT2D eigenvalue weighted by molar-refractivity contribution is 14.1. The van der Waals surface area contributed by atoms with Gasteiger partial charge >= 0.3 is 0 Å². The standard InChI is InChI=1S/C8H5IN2O/c9-5-1-2-6-7(3-5)10-11-8(6)4-12/h1-4H,(H,10,11). The zero-order valence-electron chi connectivity index (χ0n) is 6.04. The molecule has 0 bridgehead atoms. The highest BCUT2D eigenvalue weighted by Gasteiger charge is 2.02. The van der Waals surface area contributed by atoms with Crippen molar-refractivity contribution < 1.29 is 4.79 Å². The Balaban J connectivity index is 2.81. The van der Waals surface area contributed by atoms with Crippen molar-refractivity contribution in [1.82, 2.24) is 10.2 Å². The number of aromatic amines is 1. The van der Waals surface area contributed by atoms with Crippen LogP contribution in [-0.4, -0.2) is 16.5 Å². The Morgan fingerprint density at radius 3 is 3.08 bits per heavy atom. The molecule has 0 saturated carbocycles. The average molecular weight is 272 g/mol. The Hall–Kier alpha value is -0.910. The van der Waals surface area contributed by atoms with E-state index in [9.17, 15) is 4.79 Å². The summed E-state index contributed by atoms with van der Waals surface area (Å²) in [6, 6.07) is 5.77. The van der Waals surface area contributed by atoms with E-state index in [1.165, 1.54) is 0 Å². The summed E-state index contributed by atoms with van der Waals surface area (Å²) < 4.78 is 1.11. The summed E-state index contributed by atoms with van der Waals surface area (Å²) in [6.45, 7) is 0. The molecule has 1 N–H and O–H groups in total. The van der Waals surface area contributed by atoms with Crippen LogP contribution in [0.4, 0.5) is 0 Å². The van der Waals surface area contributed by atoms with E-state index in [1.54, 1.807) is 0 Å². The van der Waals surface area contributed by atoms with E-state index in [1.807, 2.05) is 18.2 Å². The van der Waals surface area contributed by atoms with Gasteiger partial charge in [-0.15, -0.1) is 0 Å². The Morgan fingerprint density at radius 1 is 1.50 bits per heavy atom. The molecule has 0 radical (unpaired) electrons. The molecule has 0 unspecified atom stereocenters. The van der Waals surface area contributed by atoms with Crippen LogP contribution in [0.25, 0.3) is 10.9 Å². The highest BCUT2D eigenvalue weighted by Crippen LogP contribution is 2.16. The van der Waals surface area contributed by atoms with E-state index in [4.69, 9.17) is 0 Å². The maximum atomic E-state index is 10.5. The summed E-state index contributed by atoms with van der Waals surface area (Å²) in [6.07, 6.45) is 0.780. The summed E-state index contributed by atoms with van der Waals surface area (Å²) in [5, 5.41) is 7.54. The van der Waals surface area contributed by atoms with Crippen LogP contribution in [0.15, 0.2) is 18.2 Å². The lowest BCUT2D eigenvalue weighted by molar-refractivity contribution is 0.112. The van der Waals surface area contributed by atoms with Crippen molar-refractivity contribution in [2.24, 2.45) is 0 Å². The van der Waals surface area contributed by atoms with E-state index >= 15 is 0 Å². The van der Waals surface area contributed by atoms with Gasteiger partial charge in [0.25, 0.3) is 0 Å². The SMILES string of the molecule is O=Cc1[nH]nc2cc(I)ccc12. The molecule has 0 amide bonds. The number of carbonyl (C=O) groups excluding carboxylic acids is 1. The number of hydrogen-bond donors (Lipinski definition) is 1. The molecule has 2 aromatic rings. The number of hydrogen-bond acceptors (Lipinski definition) is 2. The first kappa shape index (κ1) is 7.72. The second kappa shape index (κ2) is 2.85. The number of rotatable bonds is 1. The molecule has 1 aromatic heterocycles. The monoisotopic (exact) mass is 272 g/mol. The molecule has 60 valence electrons. The Labute approximate surface area is 82.3 Å². The molecular formula is C8H5IN2O. The predicted molar refractivity (Wildman–Crippen MR) is 54.2 cm³/mol. The molecule has 4 heteroatoms. The van der Waals surface area contributed by atoms with Crippen molar-refractivity contribution in [3.8, 4) is 0 Å². The molecule has 12 heavy (non-hydrogen) atoms. The first-order chi connectivity index (χ1) is 5.81. The van der Waals surface area contributed by atoms with Crippen LogP contribution in [0.2, 0.25) is 0 Å². The van der Waals surface area contributed by atoms with Crippen molar-refractivity contribution >= 4 is 39.8 Å². The van der Waals surface area contributed by atoms with Crippen molar-refractivity contribution in [1.29, 1.82) is 0 Å². The topological polar surface area (TPSA) is 45.8 Å². The minimum Gasteiger partial charge on any atom is -0.296 e. The summed E-state index contributed by atoms with van der Waals surface area (Å²) in [5.41, 5.74) is 1.38. The smallest absolute Gasteiger partial charge is 0.168 e. The van der Waals surface area contributed by atoms with E-state index < -0.39 is 0 Å². The number of nitrogens with zero attached hydrogens (tertiary/aromatic N) is 1. The van der Waals surface area contributed by atoms with Gasteiger partial charge in [0.15, 0.2) is 6.29 Å². The first-order valence-electron chi connectivity index (χ1n) is 3.40. The van der Waals surface area contributed by atoms with Crippen LogP contribution in [-0.2, 0) is 0 Å². The Kier molecular flexibility index (Phi) is 1.84. The van der Waals surface area contributed by atoms with Gasteiger partial charge < -0.3 is 0 Å². The number of aromatic nitrogens is 2. The Bertz CT molecular complexity index is 436. The van der Waals surface area contributed by atoms with Crippen molar-refractivity contribution in [3.63, 3.8) is 0 Å². The molecule has 0 aliphatic heterocycles. The van der Waals surface area contributed by atoms with Crippen molar-refractivity contribution in [3.05, 3.63) is 27.5 Å². The van der Waals surface area contributed by atoms with E-state index in [0.717, 1.165) is 20.8 Å². The molecule has 0 spiro atoms. The minimum atomic E-state index is 0.543. The van der Waals surface area contributed by atoms with Crippen LogP contribution in [0, 0.1) is 3.57 Å². The number of carbonyl (C=O) groups is 1. The van der Waals surface area contributed by atoms with E-state index in [-0.39, 0.29) is 0 Å². The van der Waals surface area contributed by atoms with Crippen LogP contribution < -0.4 is 0 Å². The number of benzene rings is 1. The van der Waals surface area contributed by atoms with Crippen LogP contribution in [0.5, 0.6) is 0 Å². The van der Waals surface area contributed by atoms with Crippen LogP contribution in [0.1, 0.15) is 10.5 Å². The molecular weight excluding hydrogens is 267 g/mol. The van der Waals surface area contributed by atoms with Crippen molar-refractivity contribution in [2.75, 3.05) is 0 Å². The largest absolute Gasteiger partial charge is 0.296 e. The first-order valence-corrected chi connectivity index (χ1v) is 4.48. The summed E-state index contributed by atoms with van der Waals surface area (Å²) in [5.74, 6) is 0. The second-order valence-electron chi connectivity index (χ2n) is 2.42. The lowest BCUT2D eigenvalue weighted by Crippen LogP contribution is -1.78. The Morgan fingerprint density at radius 2 is 2.33 bits per heavy atom. The van der Waals surface area contributed by atoms with E-state index in [2.05, 4.69) is 32.8 Å². The van der Waals surface area contributed by atoms with Gasteiger partial charge in [-0.3, -0.25) is 9.89 Å². The zero-order chi connectivity index (χ0) is 8.55. The number of nitrogens with one attached hydrogen (secondary N) is 1. The maximum absolute atomic E-state index is 10.5. The normalized spacial score (nSPS) is 10.4. The van der Waals surface area contributed by atoms with Crippen molar-refractivity contribution in [2.45, 2.75) is 0 Å². The fourth-order valence-corrected chi connectivity index (χ4v) is 1.57. The number of halogens is 1. The molecule has 1 aromatic carbocycles. The average Bonchev–Trinajstić information content (AvgIpc) is 2.46. The number of fused-ring (bicyclic) bond motifs is 1. The zero-order valence-corrected chi connectivity index (χ0v) is 8.20. The number of H-pyrrole nitrogens is 1. The molecule has 3 nitrogen and oxygen atoms in total. The lowest BCUT2D eigenvalue weighted by Gasteiger charge is -1.88. The van der Waals surface area contributed by atoms with Gasteiger partial charge in [0.1, 0.15) is 5.69 Å². The summed E-state index contributed by atoms with van der Waals surface area (Å²) in [4.78, 5) is 10.5. The lowest BCUT2D eigenvalue weighted by atomic mass is 10.2. The fourth-order valence-electron chi connectivity index (χ4n) is 1.10. The summed E-state index contributed by atoms with van der Waals surface area (Å²) in [7, 11) is 0. The third-order valence-electron chi connectivity index (χ3n) is 1.66. The van der Waals surface area contributed by atoms with E-state index in [0.29, 0.717) is 5.69 Å². The molecule has 1 heterocycles.